The third-order valence-electron chi connectivity index (χ3n) is 5.37. The summed E-state index contributed by atoms with van der Waals surface area (Å²) in [5.41, 5.74) is 1.76. The van der Waals surface area contributed by atoms with E-state index in [0.717, 1.165) is 4.90 Å². The highest BCUT2D eigenvalue weighted by atomic mass is 32.2. The number of ether oxygens (including phenoxy) is 1. The van der Waals surface area contributed by atoms with E-state index in [4.69, 9.17) is 4.74 Å². The van der Waals surface area contributed by atoms with Crippen LogP contribution in [0.2, 0.25) is 0 Å². The Morgan fingerprint density at radius 1 is 0.846 bits per heavy atom. The average Bonchev–Trinajstić information content (AvgIpc) is 2.97. The van der Waals surface area contributed by atoms with Gasteiger partial charge in [0.2, 0.25) is 5.91 Å². The monoisotopic (exact) mass is 538 g/mol. The number of hydrogen-bond acceptors (Lipinski definition) is 6. The molecule has 4 rings (SSSR count). The minimum atomic E-state index is -0.481. The second-order valence-electron chi connectivity index (χ2n) is 8.18. The van der Waals surface area contributed by atoms with Gasteiger partial charge in [0.25, 0.3) is 11.8 Å². The molecule has 0 aliphatic heterocycles. The van der Waals surface area contributed by atoms with Crippen LogP contribution in [0.25, 0.3) is 6.08 Å². The number of hydrogen-bond donors (Lipinski definition) is 3. The summed E-state index contributed by atoms with van der Waals surface area (Å²) in [6.07, 6.45) is 3.21. The number of anilines is 2. The topological polar surface area (TPSA) is 109 Å². The quantitative estimate of drug-likeness (QED) is 0.188. The maximum absolute atomic E-state index is 13.2. The van der Waals surface area contributed by atoms with E-state index >= 15 is 0 Å². The van der Waals surface area contributed by atoms with Crippen LogP contribution < -0.4 is 20.7 Å². The molecule has 3 N–H and O–H groups in total. The second-order valence-corrected chi connectivity index (χ2v) is 9.23. The molecule has 3 amide bonds. The van der Waals surface area contributed by atoms with E-state index in [0.29, 0.717) is 28.4 Å². The molecule has 0 aliphatic carbocycles. The van der Waals surface area contributed by atoms with E-state index in [-0.39, 0.29) is 17.4 Å². The van der Waals surface area contributed by atoms with E-state index in [1.165, 1.54) is 11.8 Å². The highest BCUT2D eigenvalue weighted by Gasteiger charge is 2.15. The summed E-state index contributed by atoms with van der Waals surface area (Å²) >= 11 is 1.36. The summed E-state index contributed by atoms with van der Waals surface area (Å²) < 4.78 is 5.19. The number of amides is 3. The number of carbonyl (C=O) groups excluding carboxylic acids is 3. The number of aromatic nitrogens is 1. The van der Waals surface area contributed by atoms with Crippen LogP contribution in [0.15, 0.2) is 114 Å². The highest BCUT2D eigenvalue weighted by molar-refractivity contribution is 8.00. The maximum atomic E-state index is 13.2. The lowest BCUT2D eigenvalue weighted by Crippen LogP contribution is -2.30. The number of rotatable bonds is 10. The van der Waals surface area contributed by atoms with Crippen molar-refractivity contribution in [2.75, 3.05) is 23.5 Å². The summed E-state index contributed by atoms with van der Waals surface area (Å²) in [4.78, 5) is 43.1. The van der Waals surface area contributed by atoms with Crippen molar-refractivity contribution in [3.8, 4) is 5.75 Å². The molecule has 0 aliphatic rings. The van der Waals surface area contributed by atoms with Gasteiger partial charge in [0.1, 0.15) is 17.3 Å². The molecule has 1 aromatic heterocycles. The van der Waals surface area contributed by atoms with Crippen LogP contribution in [0.3, 0.4) is 0 Å². The number of thioether (sulfide) groups is 1. The van der Waals surface area contributed by atoms with Gasteiger partial charge in [0, 0.05) is 22.3 Å². The Hall–Kier alpha value is -4.89. The fourth-order valence-electron chi connectivity index (χ4n) is 3.41. The van der Waals surface area contributed by atoms with Gasteiger partial charge in [-0.25, -0.2) is 4.98 Å². The summed E-state index contributed by atoms with van der Waals surface area (Å²) in [5.74, 6) is 0.338. The standard InChI is InChI=1S/C30H26N4O4S/c1-38-24-14-10-21(11-15-24)19-26(33-29(36)22-7-3-2-4-8-22)30(37)32-23-12-16-25(17-13-23)39-20-28(35)34-27-9-5-6-18-31-27/h2-19H,20H2,1H3,(H,32,37)(H,33,36)(H,31,34,35)/b26-19-. The van der Waals surface area contributed by atoms with Gasteiger partial charge in [-0.2, -0.15) is 0 Å². The van der Waals surface area contributed by atoms with Crippen molar-refractivity contribution in [1.29, 1.82) is 0 Å². The predicted molar refractivity (Wildman–Crippen MR) is 154 cm³/mol. The minimum Gasteiger partial charge on any atom is -0.497 e. The zero-order chi connectivity index (χ0) is 27.5. The number of carbonyl (C=O) groups is 3. The van der Waals surface area contributed by atoms with E-state index in [1.54, 1.807) is 98.2 Å². The Morgan fingerprint density at radius 3 is 2.23 bits per heavy atom. The fourth-order valence-corrected chi connectivity index (χ4v) is 4.11. The van der Waals surface area contributed by atoms with E-state index in [9.17, 15) is 14.4 Å². The van der Waals surface area contributed by atoms with Crippen LogP contribution in [-0.2, 0) is 9.59 Å². The first-order valence-corrected chi connectivity index (χ1v) is 13.0. The van der Waals surface area contributed by atoms with E-state index in [2.05, 4.69) is 20.9 Å². The van der Waals surface area contributed by atoms with Crippen molar-refractivity contribution in [1.82, 2.24) is 10.3 Å². The molecule has 0 atom stereocenters. The lowest BCUT2D eigenvalue weighted by atomic mass is 10.1. The van der Waals surface area contributed by atoms with Crippen molar-refractivity contribution in [2.45, 2.75) is 4.90 Å². The second kappa shape index (κ2) is 13.6. The number of benzene rings is 3. The first-order valence-electron chi connectivity index (χ1n) is 12.0. The minimum absolute atomic E-state index is 0.0821. The van der Waals surface area contributed by atoms with E-state index < -0.39 is 11.8 Å². The molecule has 0 fully saturated rings. The van der Waals surface area contributed by atoms with Crippen molar-refractivity contribution >= 4 is 47.1 Å². The van der Waals surface area contributed by atoms with Gasteiger partial charge in [0.15, 0.2) is 0 Å². The van der Waals surface area contributed by atoms with Gasteiger partial charge in [-0.05, 0) is 72.3 Å². The number of nitrogens with one attached hydrogen (secondary N) is 3. The summed E-state index contributed by atoms with van der Waals surface area (Å²) in [6.45, 7) is 0. The number of nitrogens with zero attached hydrogens (tertiary/aromatic N) is 1. The lowest BCUT2D eigenvalue weighted by molar-refractivity contribution is -0.114. The Balaban J connectivity index is 1.41. The summed E-state index contributed by atoms with van der Waals surface area (Å²) in [6, 6.07) is 28.2. The Labute approximate surface area is 230 Å². The molecule has 0 radical (unpaired) electrons. The third-order valence-corrected chi connectivity index (χ3v) is 6.38. The molecular formula is C30H26N4O4S. The van der Waals surface area contributed by atoms with Crippen LogP contribution >= 0.6 is 11.8 Å². The summed E-state index contributed by atoms with van der Waals surface area (Å²) in [5, 5.41) is 8.28. The normalized spacial score (nSPS) is 10.8. The van der Waals surface area contributed by atoms with Crippen LogP contribution in [0.1, 0.15) is 15.9 Å². The molecule has 1 heterocycles. The largest absolute Gasteiger partial charge is 0.497 e. The molecule has 0 saturated carbocycles. The first-order chi connectivity index (χ1) is 19.0. The van der Waals surface area contributed by atoms with Crippen molar-refractivity contribution < 1.29 is 19.1 Å². The zero-order valence-corrected chi connectivity index (χ0v) is 21.9. The maximum Gasteiger partial charge on any atom is 0.272 e. The van der Waals surface area contributed by atoms with Crippen molar-refractivity contribution in [2.24, 2.45) is 0 Å². The molecule has 39 heavy (non-hydrogen) atoms. The molecule has 3 aromatic carbocycles. The molecular weight excluding hydrogens is 512 g/mol. The SMILES string of the molecule is COc1ccc(/C=C(\NC(=O)c2ccccc2)C(=O)Nc2ccc(SCC(=O)Nc3ccccn3)cc2)cc1. The van der Waals surface area contributed by atoms with Gasteiger partial charge in [-0.3, -0.25) is 14.4 Å². The van der Waals surface area contributed by atoms with Crippen LogP contribution in [0.4, 0.5) is 11.5 Å². The highest BCUT2D eigenvalue weighted by Crippen LogP contribution is 2.21. The van der Waals surface area contributed by atoms with Gasteiger partial charge < -0.3 is 20.7 Å². The Morgan fingerprint density at radius 2 is 1.56 bits per heavy atom. The molecule has 0 saturated heterocycles. The zero-order valence-electron chi connectivity index (χ0n) is 21.1. The van der Waals surface area contributed by atoms with Crippen LogP contribution in [0, 0.1) is 0 Å². The smallest absolute Gasteiger partial charge is 0.272 e. The van der Waals surface area contributed by atoms with Crippen molar-refractivity contribution in [3.63, 3.8) is 0 Å². The average molecular weight is 539 g/mol. The molecule has 0 spiro atoms. The molecule has 196 valence electrons. The third kappa shape index (κ3) is 8.31. The van der Waals surface area contributed by atoms with Gasteiger partial charge in [-0.15, -0.1) is 11.8 Å². The molecule has 9 heteroatoms. The first kappa shape index (κ1) is 27.2. The van der Waals surface area contributed by atoms with Crippen LogP contribution in [0.5, 0.6) is 5.75 Å². The predicted octanol–water partition coefficient (Wildman–Crippen LogP) is 5.23. The number of methoxy groups -OCH3 is 1. The molecule has 0 unspecified atom stereocenters. The molecule has 8 nitrogen and oxygen atoms in total. The lowest BCUT2D eigenvalue weighted by Gasteiger charge is -2.12. The summed E-state index contributed by atoms with van der Waals surface area (Å²) in [7, 11) is 1.57. The Kier molecular flexibility index (Phi) is 9.47. The molecule has 0 bridgehead atoms. The van der Waals surface area contributed by atoms with Gasteiger partial charge in [0.05, 0.1) is 12.9 Å². The van der Waals surface area contributed by atoms with Gasteiger partial charge in [-0.1, -0.05) is 36.4 Å². The van der Waals surface area contributed by atoms with E-state index in [1.807, 2.05) is 18.2 Å². The van der Waals surface area contributed by atoms with Crippen LogP contribution in [-0.4, -0.2) is 35.6 Å². The Bertz CT molecular complexity index is 1440. The van der Waals surface area contributed by atoms with Gasteiger partial charge >= 0.3 is 0 Å². The van der Waals surface area contributed by atoms with Crippen molar-refractivity contribution in [3.05, 3.63) is 120 Å². The fraction of sp³-hybridized carbons (Fsp3) is 0.0667. The number of pyridine rings is 1. The molecule has 4 aromatic rings.